The Hall–Kier alpha value is -4.58. The molecule has 0 bridgehead atoms. The maximum absolute atomic E-state index is 12.3. The third-order valence-electron chi connectivity index (χ3n) is 4.51. The van der Waals surface area contributed by atoms with Crippen molar-refractivity contribution in [2.45, 2.75) is 0 Å². The number of hydrazine groups is 1. The van der Waals surface area contributed by atoms with E-state index in [1.54, 1.807) is 55.6 Å². The number of carbonyl (C=O) groups excluding carboxylic acids is 1. The van der Waals surface area contributed by atoms with Crippen LogP contribution in [0.1, 0.15) is 5.69 Å². The molecule has 0 amide bonds. The molecule has 2 N–H and O–H groups in total. The summed E-state index contributed by atoms with van der Waals surface area (Å²) in [5.41, 5.74) is 3.05. The highest BCUT2D eigenvalue weighted by Gasteiger charge is 2.37. The van der Waals surface area contributed by atoms with Gasteiger partial charge in [0.1, 0.15) is 5.75 Å². The molecule has 0 atom stereocenters. The van der Waals surface area contributed by atoms with Crippen LogP contribution >= 0.6 is 0 Å². The van der Waals surface area contributed by atoms with Crippen molar-refractivity contribution in [1.82, 2.24) is 10.9 Å². The second-order valence-corrected chi connectivity index (χ2v) is 6.32. The number of nitrogens with one attached hydrogen (secondary N) is 2. The molecule has 5 rings (SSSR count). The van der Waals surface area contributed by atoms with Gasteiger partial charge in [0, 0.05) is 12.1 Å². The number of azo groups is 1. The molecule has 0 unspecified atom stereocenters. The van der Waals surface area contributed by atoms with Crippen molar-refractivity contribution in [2.24, 2.45) is 15.2 Å². The number of methoxy groups -OCH3 is 1. The third-order valence-corrected chi connectivity index (χ3v) is 4.51. The van der Waals surface area contributed by atoms with Crippen LogP contribution in [0, 0.1) is 0 Å². The van der Waals surface area contributed by atoms with Crippen LogP contribution in [0.3, 0.4) is 0 Å². The lowest BCUT2D eigenvalue weighted by atomic mass is 10.3. The van der Waals surface area contributed by atoms with Crippen LogP contribution in [0.25, 0.3) is 5.69 Å². The SMILES string of the molecule is COc1ccc(-[n+]2[nH]oc(=O)c2C2=N/C(=C3\C(=O)ONN3c3ccccc3)N=N2)cc1. The highest BCUT2D eigenvalue weighted by atomic mass is 16.7. The minimum absolute atomic E-state index is 0.00935. The molecular formula is C19H14N7O5+. The zero-order valence-corrected chi connectivity index (χ0v) is 16.0. The lowest BCUT2D eigenvalue weighted by Gasteiger charge is -2.14. The Morgan fingerprint density at radius 1 is 1.03 bits per heavy atom. The van der Waals surface area contributed by atoms with Gasteiger partial charge in [0.25, 0.3) is 5.84 Å². The van der Waals surface area contributed by atoms with Gasteiger partial charge in [0.2, 0.25) is 11.5 Å². The Kier molecular flexibility index (Phi) is 4.37. The number of aromatic nitrogens is 2. The van der Waals surface area contributed by atoms with Crippen molar-refractivity contribution in [3.05, 3.63) is 82.2 Å². The molecule has 0 aliphatic carbocycles. The summed E-state index contributed by atoms with van der Waals surface area (Å²) in [6.07, 6.45) is 0. The van der Waals surface area contributed by atoms with E-state index in [-0.39, 0.29) is 23.0 Å². The molecule has 2 aliphatic rings. The quantitative estimate of drug-likeness (QED) is 0.476. The molecule has 31 heavy (non-hydrogen) atoms. The lowest BCUT2D eigenvalue weighted by Crippen LogP contribution is -2.40. The van der Waals surface area contributed by atoms with E-state index in [9.17, 15) is 9.59 Å². The summed E-state index contributed by atoms with van der Waals surface area (Å²) >= 11 is 0. The Morgan fingerprint density at radius 2 is 1.81 bits per heavy atom. The Morgan fingerprint density at radius 3 is 2.55 bits per heavy atom. The molecule has 1 fully saturated rings. The average Bonchev–Trinajstić information content (AvgIpc) is 3.52. The summed E-state index contributed by atoms with van der Waals surface area (Å²) in [4.78, 5) is 33.8. The van der Waals surface area contributed by atoms with Crippen molar-refractivity contribution in [2.75, 3.05) is 12.1 Å². The Balaban J connectivity index is 1.57. The first-order chi connectivity index (χ1) is 15.2. The summed E-state index contributed by atoms with van der Waals surface area (Å²) in [6, 6.07) is 15.9. The molecule has 1 saturated heterocycles. The number of benzene rings is 2. The van der Waals surface area contributed by atoms with Crippen LogP contribution in [0.15, 0.2) is 90.7 Å². The fraction of sp³-hybridized carbons (Fsp3) is 0.0526. The number of aliphatic imine (C=N–C) groups is 1. The number of H-pyrrole nitrogens is 1. The second-order valence-electron chi connectivity index (χ2n) is 6.32. The minimum Gasteiger partial charge on any atom is -0.497 e. The van der Waals surface area contributed by atoms with E-state index in [1.165, 1.54) is 9.69 Å². The molecule has 0 saturated carbocycles. The van der Waals surface area contributed by atoms with Crippen LogP contribution in [0.5, 0.6) is 5.75 Å². The first-order valence-corrected chi connectivity index (χ1v) is 9.01. The summed E-state index contributed by atoms with van der Waals surface area (Å²) < 4.78 is 11.4. The molecular weight excluding hydrogens is 406 g/mol. The number of hydrogen-bond donors (Lipinski definition) is 2. The van der Waals surface area contributed by atoms with Crippen molar-refractivity contribution in [1.29, 1.82) is 0 Å². The van der Waals surface area contributed by atoms with Gasteiger partial charge in [-0.2, -0.15) is 4.99 Å². The summed E-state index contributed by atoms with van der Waals surface area (Å²) in [6.45, 7) is 0. The summed E-state index contributed by atoms with van der Waals surface area (Å²) in [5.74, 6) is -0.0846. The average molecular weight is 420 g/mol. The Labute approximate surface area is 173 Å². The molecule has 2 aliphatic heterocycles. The van der Waals surface area contributed by atoms with Crippen LogP contribution in [0.2, 0.25) is 0 Å². The van der Waals surface area contributed by atoms with E-state index in [2.05, 4.69) is 26.1 Å². The highest BCUT2D eigenvalue weighted by Crippen LogP contribution is 2.27. The van der Waals surface area contributed by atoms with Crippen molar-refractivity contribution in [3.63, 3.8) is 0 Å². The van der Waals surface area contributed by atoms with E-state index in [0.29, 0.717) is 17.1 Å². The minimum atomic E-state index is -0.702. The lowest BCUT2D eigenvalue weighted by molar-refractivity contribution is -0.671. The number of rotatable bonds is 4. The predicted molar refractivity (Wildman–Crippen MR) is 104 cm³/mol. The normalized spacial score (nSPS) is 17.8. The van der Waals surface area contributed by atoms with Crippen molar-refractivity contribution < 1.29 is 23.6 Å². The number of ether oxygens (including phenoxy) is 1. The molecule has 3 heterocycles. The maximum atomic E-state index is 12.3. The zero-order chi connectivity index (χ0) is 21.4. The van der Waals surface area contributed by atoms with Gasteiger partial charge in [0.05, 0.1) is 12.8 Å². The predicted octanol–water partition coefficient (Wildman–Crippen LogP) is 1.12. The maximum Gasteiger partial charge on any atom is 0.439 e. The van der Waals surface area contributed by atoms with Gasteiger partial charge in [-0.25, -0.2) is 14.6 Å². The standard InChI is InChI=1S/C19H13N7O5/c1-29-13-9-7-12(8-10-13)26-15(19(28)31-24-26)17-20-16(21-22-17)14-18(27)30-23-25(14)11-5-3-2-4-6-11/h2-10H,1H3,(H-,20,23,24,27,28)/p+1. The number of nitrogens with zero attached hydrogens (tertiary/aromatic N) is 5. The van der Waals surface area contributed by atoms with Gasteiger partial charge in [-0.05, 0) is 34.2 Å². The molecule has 0 radical (unpaired) electrons. The van der Waals surface area contributed by atoms with Gasteiger partial charge < -0.3 is 9.57 Å². The molecule has 3 aromatic rings. The van der Waals surface area contributed by atoms with Crippen LogP contribution in [-0.2, 0) is 9.63 Å². The number of aromatic amines is 1. The fourth-order valence-electron chi connectivity index (χ4n) is 3.04. The van der Waals surface area contributed by atoms with Gasteiger partial charge in [-0.15, -0.1) is 10.2 Å². The highest BCUT2D eigenvalue weighted by molar-refractivity contribution is 6.00. The first-order valence-electron chi connectivity index (χ1n) is 9.01. The molecule has 154 valence electrons. The van der Waals surface area contributed by atoms with Crippen LogP contribution in [-0.4, -0.2) is 24.2 Å². The summed E-state index contributed by atoms with van der Waals surface area (Å²) in [5, 5.41) is 11.8. The number of amidine groups is 1. The van der Waals surface area contributed by atoms with Gasteiger partial charge in [0.15, 0.2) is 5.70 Å². The first kappa shape index (κ1) is 18.4. The topological polar surface area (TPSA) is 138 Å². The van der Waals surface area contributed by atoms with Crippen molar-refractivity contribution >= 4 is 17.5 Å². The fourth-order valence-corrected chi connectivity index (χ4v) is 3.04. The van der Waals surface area contributed by atoms with Gasteiger partial charge >= 0.3 is 17.3 Å². The molecule has 12 heteroatoms. The van der Waals surface area contributed by atoms with Crippen LogP contribution < -0.4 is 25.6 Å². The smallest absolute Gasteiger partial charge is 0.439 e. The van der Waals surface area contributed by atoms with E-state index in [4.69, 9.17) is 14.1 Å². The van der Waals surface area contributed by atoms with E-state index in [0.717, 1.165) is 0 Å². The molecule has 12 nitrogen and oxygen atoms in total. The zero-order valence-electron chi connectivity index (χ0n) is 16.0. The number of para-hydroxylation sites is 1. The Bertz CT molecular complexity index is 1310. The van der Waals surface area contributed by atoms with Gasteiger partial charge in [-0.3, -0.25) is 4.52 Å². The molecule has 1 aromatic heterocycles. The van der Waals surface area contributed by atoms with Crippen LogP contribution in [0.4, 0.5) is 5.69 Å². The van der Waals surface area contributed by atoms with E-state index in [1.807, 2.05) is 6.07 Å². The largest absolute Gasteiger partial charge is 0.497 e. The van der Waals surface area contributed by atoms with Crippen molar-refractivity contribution in [3.8, 4) is 11.4 Å². The number of anilines is 1. The number of carbonyl (C=O) groups is 1. The second kappa shape index (κ2) is 7.35. The number of hydrogen-bond acceptors (Lipinski definition) is 10. The molecule has 0 spiro atoms. The van der Waals surface area contributed by atoms with E-state index < -0.39 is 11.6 Å². The van der Waals surface area contributed by atoms with E-state index >= 15 is 0 Å². The monoisotopic (exact) mass is 420 g/mol. The van der Waals surface area contributed by atoms with Gasteiger partial charge in [-0.1, -0.05) is 23.8 Å². The molecule has 2 aromatic carbocycles. The summed E-state index contributed by atoms with van der Waals surface area (Å²) in [7, 11) is 1.55. The third kappa shape index (κ3) is 3.16.